The van der Waals surface area contributed by atoms with E-state index in [9.17, 15) is 4.79 Å². The van der Waals surface area contributed by atoms with Gasteiger partial charge in [-0.3, -0.25) is 4.79 Å². The van der Waals surface area contributed by atoms with Crippen molar-refractivity contribution in [2.24, 2.45) is 5.73 Å². The second-order valence-electron chi connectivity index (χ2n) is 4.19. The first kappa shape index (κ1) is 14.0. The van der Waals surface area contributed by atoms with E-state index < -0.39 is 6.04 Å². The molecule has 0 saturated carbocycles. The molecular weight excluding hydrogens is 236 g/mol. The molecule has 0 spiro atoms. The molecule has 1 aromatic carbocycles. The van der Waals surface area contributed by atoms with Crippen molar-refractivity contribution in [1.29, 1.82) is 0 Å². The third-order valence-corrected chi connectivity index (χ3v) is 3.25. The highest BCUT2D eigenvalue weighted by molar-refractivity contribution is 6.30. The number of hydrogen-bond donors (Lipinski definition) is 1. The highest BCUT2D eigenvalue weighted by Gasteiger charge is 2.21. The number of hydrogen-bond acceptors (Lipinski definition) is 2. The van der Waals surface area contributed by atoms with Crippen LogP contribution in [0.5, 0.6) is 0 Å². The van der Waals surface area contributed by atoms with Crippen LogP contribution in [0.1, 0.15) is 31.9 Å². The van der Waals surface area contributed by atoms with Crippen LogP contribution in [-0.4, -0.2) is 23.9 Å². The molecule has 0 fully saturated rings. The van der Waals surface area contributed by atoms with Gasteiger partial charge in [0.15, 0.2) is 0 Å². The van der Waals surface area contributed by atoms with E-state index in [1.807, 2.05) is 38.1 Å². The Kier molecular flexibility index (Phi) is 4.97. The molecule has 17 heavy (non-hydrogen) atoms. The van der Waals surface area contributed by atoms with Crippen LogP contribution < -0.4 is 5.73 Å². The first-order valence-corrected chi connectivity index (χ1v) is 6.12. The maximum atomic E-state index is 11.9. The first-order chi connectivity index (χ1) is 7.97. The fourth-order valence-corrected chi connectivity index (χ4v) is 1.82. The summed E-state index contributed by atoms with van der Waals surface area (Å²) < 4.78 is 0. The number of benzene rings is 1. The lowest BCUT2D eigenvalue weighted by molar-refractivity contribution is -0.133. The molecule has 1 amide bonds. The second kappa shape index (κ2) is 6.03. The van der Waals surface area contributed by atoms with Crippen LogP contribution in [0, 0.1) is 0 Å². The lowest BCUT2D eigenvalue weighted by Crippen LogP contribution is -2.42. The molecule has 1 rings (SSSR count). The zero-order valence-corrected chi connectivity index (χ0v) is 11.2. The van der Waals surface area contributed by atoms with Gasteiger partial charge in [0, 0.05) is 12.1 Å². The molecule has 2 unspecified atom stereocenters. The molecular formula is C13H19ClN2O. The highest BCUT2D eigenvalue weighted by atomic mass is 35.5. The minimum absolute atomic E-state index is 0.0289. The summed E-state index contributed by atoms with van der Waals surface area (Å²) in [7, 11) is 1.77. The Morgan fingerprint density at radius 1 is 1.53 bits per heavy atom. The van der Waals surface area contributed by atoms with Gasteiger partial charge in [-0.25, -0.2) is 0 Å². The average molecular weight is 255 g/mol. The van der Waals surface area contributed by atoms with Gasteiger partial charge in [-0.1, -0.05) is 30.7 Å². The summed E-state index contributed by atoms with van der Waals surface area (Å²) in [6.07, 6.45) is 0.644. The fraction of sp³-hybridized carbons (Fsp3) is 0.462. The number of halogens is 1. The SMILES string of the molecule is CCC(N)C(=O)N(C)C(C)c1cccc(Cl)c1. The number of carbonyl (C=O) groups is 1. The molecule has 2 atom stereocenters. The topological polar surface area (TPSA) is 46.3 Å². The summed E-state index contributed by atoms with van der Waals surface area (Å²) >= 11 is 5.93. The van der Waals surface area contributed by atoms with Crippen LogP contribution >= 0.6 is 11.6 Å². The minimum atomic E-state index is -0.429. The molecule has 0 saturated heterocycles. The quantitative estimate of drug-likeness (QED) is 0.898. The Hall–Kier alpha value is -1.06. The van der Waals surface area contributed by atoms with Crippen molar-refractivity contribution in [3.8, 4) is 0 Å². The number of nitrogens with two attached hydrogens (primary N) is 1. The molecule has 3 nitrogen and oxygen atoms in total. The third-order valence-electron chi connectivity index (χ3n) is 3.02. The van der Waals surface area contributed by atoms with Crippen molar-refractivity contribution in [1.82, 2.24) is 4.90 Å². The molecule has 1 aromatic rings. The summed E-state index contributed by atoms with van der Waals surface area (Å²) in [6.45, 7) is 3.87. The second-order valence-corrected chi connectivity index (χ2v) is 4.63. The monoisotopic (exact) mass is 254 g/mol. The Morgan fingerprint density at radius 2 is 2.18 bits per heavy atom. The normalized spacial score (nSPS) is 14.2. The van der Waals surface area contributed by atoms with E-state index in [1.165, 1.54) is 0 Å². The maximum absolute atomic E-state index is 11.9. The van der Waals surface area contributed by atoms with Crippen LogP contribution in [0.2, 0.25) is 5.02 Å². The van der Waals surface area contributed by atoms with Crippen LogP contribution in [0.25, 0.3) is 0 Å². The zero-order chi connectivity index (χ0) is 13.0. The molecule has 0 aliphatic carbocycles. The van der Waals surface area contributed by atoms with Gasteiger partial charge < -0.3 is 10.6 Å². The Morgan fingerprint density at radius 3 is 2.71 bits per heavy atom. The number of nitrogens with zero attached hydrogens (tertiary/aromatic N) is 1. The van der Waals surface area contributed by atoms with E-state index in [1.54, 1.807) is 11.9 Å². The standard InChI is InChI=1S/C13H19ClN2O/c1-4-12(15)13(17)16(3)9(2)10-6-5-7-11(14)8-10/h5-9,12H,4,15H2,1-3H3. The number of likely N-dealkylation sites (N-methyl/N-ethyl adjacent to an activating group) is 1. The molecule has 94 valence electrons. The molecule has 2 N–H and O–H groups in total. The van der Waals surface area contributed by atoms with Crippen molar-refractivity contribution < 1.29 is 4.79 Å². The molecule has 4 heteroatoms. The smallest absolute Gasteiger partial charge is 0.239 e. The lowest BCUT2D eigenvalue weighted by atomic mass is 10.1. The van der Waals surface area contributed by atoms with Crippen LogP contribution in [0.4, 0.5) is 0 Å². The van der Waals surface area contributed by atoms with E-state index in [-0.39, 0.29) is 11.9 Å². The summed E-state index contributed by atoms with van der Waals surface area (Å²) in [5.41, 5.74) is 6.76. The summed E-state index contributed by atoms with van der Waals surface area (Å²) in [6, 6.07) is 7.06. The van der Waals surface area contributed by atoms with Crippen LogP contribution in [-0.2, 0) is 4.79 Å². The fourth-order valence-electron chi connectivity index (χ4n) is 1.62. The molecule has 0 radical (unpaired) electrons. The Bertz CT molecular complexity index is 395. The molecule has 0 heterocycles. The molecule has 0 aliphatic heterocycles. The van der Waals surface area contributed by atoms with Crippen LogP contribution in [0.15, 0.2) is 24.3 Å². The number of rotatable bonds is 4. The predicted octanol–water partition coefficient (Wildman–Crippen LogP) is 2.60. The largest absolute Gasteiger partial charge is 0.338 e. The summed E-state index contributed by atoms with van der Waals surface area (Å²) in [5, 5.41) is 0.676. The maximum Gasteiger partial charge on any atom is 0.239 e. The third kappa shape index (κ3) is 3.45. The number of carbonyl (C=O) groups excluding carboxylic acids is 1. The van der Waals surface area contributed by atoms with Gasteiger partial charge in [-0.05, 0) is 31.0 Å². The first-order valence-electron chi connectivity index (χ1n) is 5.75. The summed E-state index contributed by atoms with van der Waals surface area (Å²) in [4.78, 5) is 13.6. The van der Waals surface area contributed by atoms with E-state index >= 15 is 0 Å². The van der Waals surface area contributed by atoms with Crippen LogP contribution in [0.3, 0.4) is 0 Å². The Labute approximate surface area is 108 Å². The Balaban J connectivity index is 2.82. The van der Waals surface area contributed by atoms with Crippen molar-refractivity contribution in [3.05, 3.63) is 34.9 Å². The van der Waals surface area contributed by atoms with Gasteiger partial charge in [0.25, 0.3) is 0 Å². The van der Waals surface area contributed by atoms with Gasteiger partial charge in [-0.15, -0.1) is 0 Å². The van der Waals surface area contributed by atoms with Crippen molar-refractivity contribution in [3.63, 3.8) is 0 Å². The highest BCUT2D eigenvalue weighted by Crippen LogP contribution is 2.22. The van der Waals surface area contributed by atoms with Crippen molar-refractivity contribution in [2.45, 2.75) is 32.4 Å². The summed E-state index contributed by atoms with van der Waals surface area (Å²) in [5.74, 6) is -0.0417. The van der Waals surface area contributed by atoms with E-state index in [0.717, 1.165) is 5.56 Å². The predicted molar refractivity (Wildman–Crippen MR) is 70.9 cm³/mol. The van der Waals surface area contributed by atoms with Gasteiger partial charge in [0.2, 0.25) is 5.91 Å². The molecule has 0 bridgehead atoms. The zero-order valence-electron chi connectivity index (χ0n) is 10.5. The molecule has 0 aliphatic rings. The average Bonchev–Trinajstić information content (AvgIpc) is 2.35. The lowest BCUT2D eigenvalue weighted by Gasteiger charge is -2.27. The number of amides is 1. The van der Waals surface area contributed by atoms with Crippen molar-refractivity contribution in [2.75, 3.05) is 7.05 Å². The van der Waals surface area contributed by atoms with E-state index in [4.69, 9.17) is 17.3 Å². The van der Waals surface area contributed by atoms with Gasteiger partial charge in [0.05, 0.1) is 12.1 Å². The van der Waals surface area contributed by atoms with Gasteiger partial charge in [0.1, 0.15) is 0 Å². The minimum Gasteiger partial charge on any atom is -0.338 e. The van der Waals surface area contributed by atoms with Gasteiger partial charge in [-0.2, -0.15) is 0 Å². The van der Waals surface area contributed by atoms with Crippen molar-refractivity contribution >= 4 is 17.5 Å². The molecule has 0 aromatic heterocycles. The van der Waals surface area contributed by atoms with Gasteiger partial charge >= 0.3 is 0 Å². The van der Waals surface area contributed by atoms with E-state index in [0.29, 0.717) is 11.4 Å². The van der Waals surface area contributed by atoms with E-state index in [2.05, 4.69) is 0 Å².